The van der Waals surface area contributed by atoms with Gasteiger partial charge in [0.05, 0.1) is 5.60 Å². The number of hydrogen-bond acceptors (Lipinski definition) is 3. The fourth-order valence-corrected chi connectivity index (χ4v) is 9.21. The van der Waals surface area contributed by atoms with Crippen LogP contribution in [0.5, 0.6) is 0 Å². The Balaban J connectivity index is 1.58. The molecule has 4 nitrogen and oxygen atoms in total. The predicted octanol–water partition coefficient (Wildman–Crippen LogP) is 6.72. The minimum atomic E-state index is -0.852. The van der Waals surface area contributed by atoms with Crippen LogP contribution in [0.15, 0.2) is 22.8 Å². The number of carboxylic acids is 1. The van der Waals surface area contributed by atoms with E-state index in [4.69, 9.17) is 5.11 Å². The van der Waals surface area contributed by atoms with E-state index in [2.05, 4.69) is 41.5 Å². The molecule has 2 fully saturated rings. The van der Waals surface area contributed by atoms with E-state index < -0.39 is 11.6 Å². The van der Waals surface area contributed by atoms with Crippen molar-refractivity contribution in [3.8, 4) is 0 Å². The Morgan fingerprint density at radius 1 is 1.03 bits per heavy atom. The highest BCUT2D eigenvalue weighted by Gasteiger charge is 2.63. The smallest absolute Gasteiger partial charge is 0.330 e. The van der Waals surface area contributed by atoms with Gasteiger partial charge in [-0.2, -0.15) is 0 Å². The van der Waals surface area contributed by atoms with Crippen molar-refractivity contribution in [2.24, 2.45) is 39.9 Å². The molecule has 0 radical (unpaired) electrons. The first kappa shape index (κ1) is 25.7. The molecule has 2 N–H and O–H groups in total. The Kier molecular flexibility index (Phi) is 6.28. The lowest BCUT2D eigenvalue weighted by Gasteiger charge is -2.55. The molecule has 7 atom stereocenters. The van der Waals surface area contributed by atoms with Gasteiger partial charge in [0.1, 0.15) is 5.78 Å². The lowest BCUT2D eigenvalue weighted by molar-refractivity contribution is -0.139. The van der Waals surface area contributed by atoms with Crippen LogP contribution in [0, 0.1) is 39.9 Å². The third-order valence-electron chi connectivity index (χ3n) is 11.4. The fourth-order valence-electron chi connectivity index (χ4n) is 9.21. The number of Topliss-reactive ketones (excluding diaryl/α,β-unsaturated/α-hetero) is 1. The summed E-state index contributed by atoms with van der Waals surface area (Å²) in [5.41, 5.74) is 2.72. The van der Waals surface area contributed by atoms with Gasteiger partial charge in [0, 0.05) is 23.3 Å². The first-order chi connectivity index (χ1) is 15.7. The predicted molar refractivity (Wildman–Crippen MR) is 135 cm³/mol. The molecule has 0 saturated heterocycles. The van der Waals surface area contributed by atoms with E-state index in [1.807, 2.05) is 6.08 Å². The van der Waals surface area contributed by atoms with Crippen LogP contribution in [-0.2, 0) is 9.59 Å². The number of fused-ring (bicyclic) bond motifs is 4. The van der Waals surface area contributed by atoms with Gasteiger partial charge >= 0.3 is 5.97 Å². The highest BCUT2D eigenvalue weighted by molar-refractivity contribution is 5.86. The van der Waals surface area contributed by atoms with Crippen LogP contribution in [0.2, 0.25) is 0 Å². The standard InChI is InChI=1S/C30H46O4/c1-18(9-8-10-19(2)26(32)33)20-13-15-28(5)21-11-12-23-27(3,4)25(31)14-16-29(23,6)22(21)17-24(28)30(20,7)34/h10,18,20,23-24,34H,8-9,11-17H2,1-7H3,(H,32,33)/b19-10-/t18-,20+,23-,24-,28+,29-,30+/m1/s1. The van der Waals surface area contributed by atoms with Crippen LogP contribution in [0.3, 0.4) is 0 Å². The van der Waals surface area contributed by atoms with Crippen molar-refractivity contribution in [1.29, 1.82) is 0 Å². The summed E-state index contributed by atoms with van der Waals surface area (Å²) >= 11 is 0. The molecule has 4 rings (SSSR count). The van der Waals surface area contributed by atoms with Crippen molar-refractivity contribution in [3.05, 3.63) is 22.8 Å². The largest absolute Gasteiger partial charge is 0.478 e. The second-order valence-corrected chi connectivity index (χ2v) is 13.4. The number of ketones is 1. The minimum absolute atomic E-state index is 0.0500. The molecule has 34 heavy (non-hydrogen) atoms. The van der Waals surface area contributed by atoms with Gasteiger partial charge in [0.2, 0.25) is 0 Å². The van der Waals surface area contributed by atoms with Gasteiger partial charge in [-0.15, -0.1) is 0 Å². The number of rotatable bonds is 5. The van der Waals surface area contributed by atoms with Crippen LogP contribution in [0.1, 0.15) is 106 Å². The molecule has 0 spiro atoms. The second-order valence-electron chi connectivity index (χ2n) is 13.4. The number of aliphatic hydroxyl groups is 1. The zero-order valence-electron chi connectivity index (χ0n) is 22.5. The van der Waals surface area contributed by atoms with E-state index in [0.29, 0.717) is 29.6 Å². The minimum Gasteiger partial charge on any atom is -0.478 e. The van der Waals surface area contributed by atoms with Gasteiger partial charge in [-0.1, -0.05) is 51.8 Å². The van der Waals surface area contributed by atoms with Crippen LogP contribution in [0.4, 0.5) is 0 Å². The van der Waals surface area contributed by atoms with Gasteiger partial charge < -0.3 is 10.2 Å². The Labute approximate surface area is 206 Å². The normalized spacial score (nSPS) is 42.6. The maximum Gasteiger partial charge on any atom is 0.330 e. The fraction of sp³-hybridized carbons (Fsp3) is 0.800. The zero-order chi connectivity index (χ0) is 25.3. The summed E-state index contributed by atoms with van der Waals surface area (Å²) in [4.78, 5) is 23.9. The molecule has 0 bridgehead atoms. The summed E-state index contributed by atoms with van der Waals surface area (Å²) in [6.45, 7) is 15.1. The molecule has 4 aliphatic carbocycles. The van der Waals surface area contributed by atoms with Crippen molar-refractivity contribution in [1.82, 2.24) is 0 Å². The van der Waals surface area contributed by atoms with Crippen LogP contribution in [0.25, 0.3) is 0 Å². The molecule has 0 amide bonds. The van der Waals surface area contributed by atoms with E-state index in [9.17, 15) is 14.7 Å². The monoisotopic (exact) mass is 470 g/mol. The van der Waals surface area contributed by atoms with Gasteiger partial charge in [-0.05, 0) is 93.8 Å². The molecule has 2 saturated carbocycles. The third-order valence-corrected chi connectivity index (χ3v) is 11.4. The molecule has 0 aliphatic heterocycles. The van der Waals surface area contributed by atoms with E-state index >= 15 is 0 Å². The summed E-state index contributed by atoms with van der Waals surface area (Å²) in [5.74, 6) is 0.748. The zero-order valence-corrected chi connectivity index (χ0v) is 22.5. The number of allylic oxidation sites excluding steroid dienone is 3. The van der Waals surface area contributed by atoms with Crippen LogP contribution < -0.4 is 0 Å². The first-order valence-electron chi connectivity index (χ1n) is 13.6. The molecule has 0 heterocycles. The molecular formula is C30H46O4. The second kappa shape index (κ2) is 8.32. The molecule has 0 aromatic rings. The van der Waals surface area contributed by atoms with Crippen molar-refractivity contribution in [2.45, 2.75) is 112 Å². The Morgan fingerprint density at radius 2 is 1.68 bits per heavy atom. The number of carbonyl (C=O) groups excluding carboxylic acids is 1. The van der Waals surface area contributed by atoms with Gasteiger partial charge in [0.25, 0.3) is 0 Å². The lowest BCUT2D eigenvalue weighted by Crippen LogP contribution is -2.54. The van der Waals surface area contributed by atoms with Crippen molar-refractivity contribution < 1.29 is 19.8 Å². The van der Waals surface area contributed by atoms with Crippen molar-refractivity contribution >= 4 is 11.8 Å². The maximum atomic E-state index is 12.8. The van der Waals surface area contributed by atoms with Crippen molar-refractivity contribution in [2.75, 3.05) is 0 Å². The lowest BCUT2D eigenvalue weighted by atomic mass is 9.49. The highest BCUT2D eigenvalue weighted by Crippen LogP contribution is 2.70. The third kappa shape index (κ3) is 3.65. The quantitative estimate of drug-likeness (QED) is 0.345. The Bertz CT molecular complexity index is 937. The molecule has 0 aromatic heterocycles. The first-order valence-corrected chi connectivity index (χ1v) is 13.6. The van der Waals surface area contributed by atoms with Gasteiger partial charge in [-0.25, -0.2) is 4.79 Å². The van der Waals surface area contributed by atoms with E-state index in [0.717, 1.165) is 51.4 Å². The topological polar surface area (TPSA) is 74.6 Å². The average Bonchev–Trinajstić information content (AvgIpc) is 3.06. The molecule has 0 aromatic carbocycles. The summed E-state index contributed by atoms with van der Waals surface area (Å²) in [6.07, 6.45) is 10.4. The van der Waals surface area contributed by atoms with E-state index in [1.165, 1.54) is 0 Å². The van der Waals surface area contributed by atoms with E-state index in [1.54, 1.807) is 18.1 Å². The molecule has 0 unspecified atom stereocenters. The van der Waals surface area contributed by atoms with E-state index in [-0.39, 0.29) is 28.1 Å². The summed E-state index contributed by atoms with van der Waals surface area (Å²) in [5, 5.41) is 21.2. The SMILES string of the molecule is C/C(=C/CC[C@@H](C)[C@@H]1CC[C@@]2(C)C3=C(C[C@H]2[C@@]1(C)O)[C@@]1(C)CCC(=O)C(C)(C)[C@H]1CC3)C(=O)O. The van der Waals surface area contributed by atoms with Gasteiger partial charge in [0.15, 0.2) is 0 Å². The summed E-state index contributed by atoms with van der Waals surface area (Å²) < 4.78 is 0. The highest BCUT2D eigenvalue weighted by atomic mass is 16.4. The maximum absolute atomic E-state index is 12.8. The molecule has 190 valence electrons. The molecular weight excluding hydrogens is 424 g/mol. The summed E-state index contributed by atoms with van der Waals surface area (Å²) in [7, 11) is 0. The average molecular weight is 471 g/mol. The van der Waals surface area contributed by atoms with Crippen LogP contribution in [-0.4, -0.2) is 27.6 Å². The van der Waals surface area contributed by atoms with Crippen molar-refractivity contribution in [3.63, 3.8) is 0 Å². The number of carbonyl (C=O) groups is 2. The molecule has 4 aliphatic rings. The summed E-state index contributed by atoms with van der Waals surface area (Å²) in [6, 6.07) is 0. The number of hydrogen-bond donors (Lipinski definition) is 2. The Morgan fingerprint density at radius 3 is 2.32 bits per heavy atom. The van der Waals surface area contributed by atoms with Gasteiger partial charge in [-0.3, -0.25) is 4.79 Å². The van der Waals surface area contributed by atoms with Crippen LogP contribution >= 0.6 is 0 Å². The Hall–Kier alpha value is -1.42. The number of aliphatic carboxylic acids is 1. The number of carboxylic acid groups (broad SMARTS) is 1. The molecule has 4 heteroatoms.